The van der Waals surface area contributed by atoms with Gasteiger partial charge in [-0.15, -0.1) is 11.6 Å². The molecule has 1 saturated carbocycles. The van der Waals surface area contributed by atoms with Gasteiger partial charge in [0.2, 0.25) is 0 Å². The number of aliphatic imine (C=N–C) groups is 1. The maximum Gasteiger partial charge on any atom is 0.166 e. The summed E-state index contributed by atoms with van der Waals surface area (Å²) in [6.45, 7) is 4.72. The summed E-state index contributed by atoms with van der Waals surface area (Å²) in [5.74, 6) is 0.828. The predicted molar refractivity (Wildman–Crippen MR) is 135 cm³/mol. The largest absolute Gasteiger partial charge is 0.482 e. The average molecular weight is 485 g/mol. The van der Waals surface area contributed by atoms with Gasteiger partial charge in [0, 0.05) is 52.9 Å². The maximum absolute atomic E-state index is 14.3. The molecule has 7 nitrogen and oxygen atoms in total. The zero-order valence-electron chi connectivity index (χ0n) is 19.3. The molecule has 1 aliphatic heterocycles. The van der Waals surface area contributed by atoms with E-state index in [4.69, 9.17) is 38.5 Å². The quantitative estimate of drug-likeness (QED) is 0.387. The van der Waals surface area contributed by atoms with Gasteiger partial charge >= 0.3 is 0 Å². The number of alkyl halides is 1. The maximum atomic E-state index is 14.3. The van der Waals surface area contributed by atoms with Crippen LogP contribution in [0.25, 0.3) is 5.70 Å². The number of aromatic nitrogens is 1. The first-order valence-corrected chi connectivity index (χ1v) is 11.7. The molecule has 2 aromatic rings. The van der Waals surface area contributed by atoms with E-state index in [1.807, 2.05) is 19.9 Å². The Bertz CT molecular complexity index is 1170. The molecule has 1 fully saturated rings. The highest BCUT2D eigenvalue weighted by molar-refractivity contribution is 6.21. The molecule has 2 unspecified atom stereocenters. The van der Waals surface area contributed by atoms with Crippen LogP contribution in [-0.4, -0.2) is 29.3 Å². The molecule has 180 valence electrons. The number of hydrogen-bond acceptors (Lipinski definition) is 7. The molecule has 4 rings (SSSR count). The summed E-state index contributed by atoms with van der Waals surface area (Å²) in [4.78, 5) is 9.27. The summed E-state index contributed by atoms with van der Waals surface area (Å²) < 4.78 is 20.5. The number of benzene rings is 1. The van der Waals surface area contributed by atoms with Crippen LogP contribution in [0.2, 0.25) is 0 Å². The van der Waals surface area contributed by atoms with Crippen molar-refractivity contribution in [2.24, 2.45) is 22.4 Å². The van der Waals surface area contributed by atoms with Crippen molar-refractivity contribution in [1.82, 2.24) is 10.3 Å². The van der Waals surface area contributed by atoms with Gasteiger partial charge in [0.1, 0.15) is 17.4 Å². The zero-order chi connectivity index (χ0) is 24.4. The zero-order valence-corrected chi connectivity index (χ0v) is 20.1. The van der Waals surface area contributed by atoms with Crippen LogP contribution in [0.5, 0.6) is 5.75 Å². The van der Waals surface area contributed by atoms with Gasteiger partial charge < -0.3 is 27.3 Å². The van der Waals surface area contributed by atoms with Crippen LogP contribution in [0.3, 0.4) is 0 Å². The van der Waals surface area contributed by atoms with Gasteiger partial charge in [-0.1, -0.05) is 0 Å². The summed E-state index contributed by atoms with van der Waals surface area (Å²) in [5.41, 5.74) is 22.5. The Morgan fingerprint density at radius 2 is 2.15 bits per heavy atom. The molecule has 7 N–H and O–H groups in total. The van der Waals surface area contributed by atoms with E-state index in [1.54, 1.807) is 18.3 Å². The van der Waals surface area contributed by atoms with Crippen molar-refractivity contribution in [2.45, 2.75) is 38.3 Å². The molecule has 0 radical (unpaired) electrons. The van der Waals surface area contributed by atoms with Gasteiger partial charge in [-0.2, -0.15) is 0 Å². The molecule has 2 heterocycles. The Labute approximate surface area is 203 Å². The van der Waals surface area contributed by atoms with E-state index in [1.165, 1.54) is 25.0 Å². The van der Waals surface area contributed by atoms with Crippen molar-refractivity contribution >= 4 is 28.8 Å². The second kappa shape index (κ2) is 10.0. The van der Waals surface area contributed by atoms with Crippen LogP contribution in [0.4, 0.5) is 10.2 Å². The lowest BCUT2D eigenvalue weighted by Gasteiger charge is -2.24. The smallest absolute Gasteiger partial charge is 0.166 e. The van der Waals surface area contributed by atoms with E-state index < -0.39 is 11.6 Å². The number of nitrogen functional groups attached to an aromatic ring is 1. The molecule has 9 heteroatoms. The first-order valence-electron chi connectivity index (χ1n) is 11.3. The highest BCUT2D eigenvalue weighted by Gasteiger charge is 2.24. The molecule has 0 spiro atoms. The minimum Gasteiger partial charge on any atom is -0.482 e. The Morgan fingerprint density at radius 3 is 2.82 bits per heavy atom. The Kier molecular flexibility index (Phi) is 7.09. The van der Waals surface area contributed by atoms with Gasteiger partial charge in [0.25, 0.3) is 0 Å². The van der Waals surface area contributed by atoms with Gasteiger partial charge in [0.05, 0.1) is 5.71 Å². The molecule has 34 heavy (non-hydrogen) atoms. The third-order valence-corrected chi connectivity index (χ3v) is 6.07. The molecule has 0 amide bonds. The van der Waals surface area contributed by atoms with E-state index in [9.17, 15) is 4.39 Å². The number of nitrogens with two attached hydrogens (primary N) is 3. The third-order valence-electron chi connectivity index (χ3n) is 5.95. The lowest BCUT2D eigenvalue weighted by Crippen LogP contribution is -2.26. The molecule has 0 saturated heterocycles. The Morgan fingerprint density at radius 1 is 1.38 bits per heavy atom. The minimum absolute atomic E-state index is 0.235. The first kappa shape index (κ1) is 24.0. The number of nitrogens with zero attached hydrogens (tertiary/aromatic N) is 2. The SMILES string of the molecule is CC(N)=C1CN/C(=C\C(N)Cl)c2ccc(F)cc2C(C)Oc2cc(cnc2N)C1=NCC1CC1. The number of pyridine rings is 1. The fourth-order valence-electron chi connectivity index (χ4n) is 3.93. The number of fused-ring (bicyclic) bond motifs is 3. The number of rotatable bonds is 3. The van der Waals surface area contributed by atoms with Crippen LogP contribution in [0.1, 0.15) is 49.5 Å². The van der Waals surface area contributed by atoms with E-state index >= 15 is 0 Å². The predicted octanol–water partition coefficient (Wildman–Crippen LogP) is 3.84. The van der Waals surface area contributed by atoms with Crippen molar-refractivity contribution in [2.75, 3.05) is 18.8 Å². The summed E-state index contributed by atoms with van der Waals surface area (Å²) in [6.07, 6.45) is 5.16. The molecule has 1 aromatic heterocycles. The third kappa shape index (κ3) is 5.51. The van der Waals surface area contributed by atoms with E-state index in [0.717, 1.165) is 16.8 Å². The number of nitrogens with one attached hydrogen (secondary N) is 1. The lowest BCUT2D eigenvalue weighted by atomic mass is 9.97. The van der Waals surface area contributed by atoms with Crippen molar-refractivity contribution in [1.29, 1.82) is 0 Å². The highest BCUT2D eigenvalue weighted by atomic mass is 35.5. The van der Waals surface area contributed by atoms with Crippen molar-refractivity contribution in [3.8, 4) is 5.75 Å². The van der Waals surface area contributed by atoms with E-state index in [-0.39, 0.29) is 11.6 Å². The Balaban J connectivity index is 1.90. The van der Waals surface area contributed by atoms with Crippen LogP contribution in [0.15, 0.2) is 52.8 Å². The topological polar surface area (TPSA) is 125 Å². The standard InChI is InChI=1S/C25H30ClFN6O/c1-13(28)20-12-31-21(9-23(26)29)18-6-5-17(27)8-19(18)14(2)34-22-7-16(11-33-25(22)30)24(20)32-10-15-3-4-15/h5-9,11,14-15,23,31H,3-4,10,12,28-29H2,1-2H3,(H2,30,33)/b20-13?,21-9-,32-24?. The molecular weight excluding hydrogens is 455 g/mol. The molecule has 2 atom stereocenters. The van der Waals surface area contributed by atoms with E-state index in [2.05, 4.69) is 10.3 Å². The Hall–Kier alpha value is -3.10. The molecule has 2 aliphatic rings. The van der Waals surface area contributed by atoms with Gasteiger partial charge in [-0.3, -0.25) is 4.99 Å². The minimum atomic E-state index is -0.758. The van der Waals surface area contributed by atoms with E-state index in [0.29, 0.717) is 47.3 Å². The summed E-state index contributed by atoms with van der Waals surface area (Å²) in [7, 11) is 0. The first-order chi connectivity index (χ1) is 16.2. The summed E-state index contributed by atoms with van der Waals surface area (Å²) in [5, 5.41) is 3.40. The van der Waals surface area contributed by atoms with Gasteiger partial charge in [-0.25, -0.2) is 9.37 Å². The van der Waals surface area contributed by atoms with Crippen LogP contribution < -0.4 is 27.3 Å². The number of allylic oxidation sites excluding steroid dienone is 1. The molecule has 2 bridgehead atoms. The fourth-order valence-corrected chi connectivity index (χ4v) is 4.05. The number of halogens is 2. The second-order valence-electron chi connectivity index (χ2n) is 8.77. The average Bonchev–Trinajstić information content (AvgIpc) is 3.60. The molecule has 1 aliphatic carbocycles. The number of hydrogen-bond donors (Lipinski definition) is 4. The van der Waals surface area contributed by atoms with Crippen LogP contribution in [-0.2, 0) is 0 Å². The monoisotopic (exact) mass is 484 g/mol. The van der Waals surface area contributed by atoms with Crippen molar-refractivity contribution in [3.63, 3.8) is 0 Å². The second-order valence-corrected chi connectivity index (χ2v) is 9.28. The summed E-state index contributed by atoms with van der Waals surface area (Å²) >= 11 is 6.13. The van der Waals surface area contributed by atoms with Gasteiger partial charge in [-0.05, 0) is 62.9 Å². The number of anilines is 1. The van der Waals surface area contributed by atoms with Gasteiger partial charge in [0.15, 0.2) is 11.6 Å². The fraction of sp³-hybridized carbons (Fsp3) is 0.360. The van der Waals surface area contributed by atoms with Crippen LogP contribution >= 0.6 is 11.6 Å². The summed E-state index contributed by atoms with van der Waals surface area (Å²) in [6, 6.07) is 6.31. The van der Waals surface area contributed by atoms with Crippen LogP contribution in [0, 0.1) is 11.7 Å². The van der Waals surface area contributed by atoms with Crippen molar-refractivity contribution in [3.05, 3.63) is 70.3 Å². The van der Waals surface area contributed by atoms with Crippen molar-refractivity contribution < 1.29 is 9.13 Å². The lowest BCUT2D eigenvalue weighted by molar-refractivity contribution is 0.226. The molecular formula is C25H30ClFN6O. The normalized spacial score (nSPS) is 23.3. The molecule has 1 aromatic carbocycles. The number of ether oxygens (including phenoxy) is 1. The highest BCUT2D eigenvalue weighted by Crippen LogP contribution is 2.33.